The van der Waals surface area contributed by atoms with Crippen LogP contribution in [0.4, 0.5) is 5.69 Å². The van der Waals surface area contributed by atoms with Crippen molar-refractivity contribution in [3.05, 3.63) is 74.3 Å². The van der Waals surface area contributed by atoms with Gasteiger partial charge in [0.25, 0.3) is 0 Å². The topological polar surface area (TPSA) is 76.7 Å². The number of nitrogens with one attached hydrogen (secondary N) is 1. The van der Waals surface area contributed by atoms with Crippen LogP contribution in [0.1, 0.15) is 112 Å². The van der Waals surface area contributed by atoms with Gasteiger partial charge in [0.2, 0.25) is 0 Å². The fourth-order valence-corrected chi connectivity index (χ4v) is 5.51. The van der Waals surface area contributed by atoms with Crippen LogP contribution >= 0.6 is 35.1 Å². The van der Waals surface area contributed by atoms with Gasteiger partial charge in [0.05, 0.1) is 10.4 Å². The molecule has 0 radical (unpaired) electrons. The van der Waals surface area contributed by atoms with Gasteiger partial charge in [-0.15, -0.1) is 0 Å². The summed E-state index contributed by atoms with van der Waals surface area (Å²) in [5.74, 6) is 0.629. The summed E-state index contributed by atoms with van der Waals surface area (Å²) in [7, 11) is 1.72. The van der Waals surface area contributed by atoms with Gasteiger partial charge < -0.3 is 15.2 Å². The van der Waals surface area contributed by atoms with E-state index in [1.54, 1.807) is 19.2 Å². The van der Waals surface area contributed by atoms with Gasteiger partial charge in [-0.3, -0.25) is 9.79 Å². The van der Waals surface area contributed by atoms with Crippen LogP contribution in [0, 0.1) is 18.3 Å². The molecule has 0 saturated heterocycles. The molecule has 0 fully saturated rings. The molecule has 0 bridgehead atoms. The SMILES string of the molecule is C/C=C(\C(C(N)=NC)=C(\C)C(C)CC)c1cccc(NSc2cc(Cl)cc(COC(=O)C(C)(C)CC)c2Cl)c1C.CC.CCC. The van der Waals surface area contributed by atoms with Crippen molar-refractivity contribution < 1.29 is 9.53 Å². The second-order valence-corrected chi connectivity index (χ2v) is 12.9. The first kappa shape index (κ1) is 42.6. The van der Waals surface area contributed by atoms with Gasteiger partial charge in [-0.25, -0.2) is 0 Å². The zero-order valence-electron chi connectivity index (χ0n) is 29.9. The quantitative estimate of drug-likeness (QED) is 0.0768. The molecule has 5 nitrogen and oxygen atoms in total. The monoisotopic (exact) mass is 677 g/mol. The number of hydrogen-bond acceptors (Lipinski definition) is 5. The zero-order chi connectivity index (χ0) is 34.9. The molecule has 0 amide bonds. The Morgan fingerprint density at radius 3 is 2.27 bits per heavy atom. The number of amidine groups is 1. The van der Waals surface area contributed by atoms with E-state index in [4.69, 9.17) is 33.7 Å². The van der Waals surface area contributed by atoms with Gasteiger partial charge in [0.15, 0.2) is 0 Å². The summed E-state index contributed by atoms with van der Waals surface area (Å²) >= 11 is 14.5. The average Bonchev–Trinajstić information content (AvgIpc) is 3.03. The summed E-state index contributed by atoms with van der Waals surface area (Å²) in [6.45, 7) is 24.6. The summed E-state index contributed by atoms with van der Waals surface area (Å²) in [6, 6.07) is 9.68. The van der Waals surface area contributed by atoms with E-state index in [0.29, 0.717) is 33.8 Å². The minimum Gasteiger partial charge on any atom is -0.460 e. The van der Waals surface area contributed by atoms with E-state index >= 15 is 0 Å². The Morgan fingerprint density at radius 1 is 1.16 bits per heavy atom. The van der Waals surface area contributed by atoms with Crippen LogP contribution in [0.15, 0.2) is 57.4 Å². The lowest BCUT2D eigenvalue weighted by Gasteiger charge is -2.22. The lowest BCUT2D eigenvalue weighted by atomic mass is 9.85. The van der Waals surface area contributed by atoms with Crippen molar-refractivity contribution in [3.63, 3.8) is 0 Å². The molecule has 3 N–H and O–H groups in total. The lowest BCUT2D eigenvalue weighted by molar-refractivity contribution is -0.155. The molecule has 0 spiro atoms. The van der Waals surface area contributed by atoms with E-state index in [-0.39, 0.29) is 12.6 Å². The smallest absolute Gasteiger partial charge is 0.311 e. The Balaban J connectivity index is 0.00000364. The van der Waals surface area contributed by atoms with Crippen molar-refractivity contribution >= 4 is 58.2 Å². The van der Waals surface area contributed by atoms with Gasteiger partial charge in [-0.05, 0) is 100 Å². The first-order chi connectivity index (χ1) is 21.2. The molecule has 0 saturated carbocycles. The largest absolute Gasteiger partial charge is 0.460 e. The minimum atomic E-state index is -0.561. The molecule has 45 heavy (non-hydrogen) atoms. The second-order valence-electron chi connectivity index (χ2n) is 11.3. The lowest BCUT2D eigenvalue weighted by Crippen LogP contribution is -2.25. The molecule has 0 aliphatic rings. The number of anilines is 1. The Morgan fingerprint density at radius 2 is 1.76 bits per heavy atom. The molecule has 0 heterocycles. The molecule has 0 aliphatic carbocycles. The van der Waals surface area contributed by atoms with Crippen LogP contribution in [0.3, 0.4) is 0 Å². The highest BCUT2D eigenvalue weighted by Crippen LogP contribution is 2.38. The molecule has 0 aromatic heterocycles. The number of rotatable bonds is 12. The molecule has 2 rings (SSSR count). The fourth-order valence-electron chi connectivity index (χ4n) is 4.08. The molecule has 2 aromatic rings. The van der Waals surface area contributed by atoms with E-state index in [0.717, 1.165) is 39.3 Å². The number of carbonyl (C=O) groups is 1. The summed E-state index contributed by atoms with van der Waals surface area (Å²) in [4.78, 5) is 17.6. The molecule has 1 atom stereocenters. The summed E-state index contributed by atoms with van der Waals surface area (Å²) in [5.41, 5.74) is 12.9. The first-order valence-corrected chi connectivity index (χ1v) is 17.6. The Kier molecular flexibility index (Phi) is 20.3. The third kappa shape index (κ3) is 12.4. The maximum absolute atomic E-state index is 12.5. The highest BCUT2D eigenvalue weighted by molar-refractivity contribution is 8.00. The minimum absolute atomic E-state index is 0.0550. The van der Waals surface area contributed by atoms with Crippen LogP contribution in [0.2, 0.25) is 10.0 Å². The number of ether oxygens (including phenoxy) is 1. The van der Waals surface area contributed by atoms with Gasteiger partial charge in [-0.1, -0.05) is 102 Å². The predicted molar refractivity (Wildman–Crippen MR) is 202 cm³/mol. The molecule has 8 heteroatoms. The molecule has 252 valence electrons. The van der Waals surface area contributed by atoms with Crippen molar-refractivity contribution in [2.24, 2.45) is 22.1 Å². The van der Waals surface area contributed by atoms with Crippen LogP contribution < -0.4 is 10.5 Å². The number of nitrogens with two attached hydrogens (primary N) is 1. The van der Waals surface area contributed by atoms with Gasteiger partial charge in [-0.2, -0.15) is 0 Å². The van der Waals surface area contributed by atoms with Crippen LogP contribution in [0.25, 0.3) is 5.57 Å². The van der Waals surface area contributed by atoms with Gasteiger partial charge >= 0.3 is 5.97 Å². The number of benzene rings is 2. The van der Waals surface area contributed by atoms with Crippen molar-refractivity contribution in [3.8, 4) is 0 Å². The van der Waals surface area contributed by atoms with Crippen molar-refractivity contribution in [2.45, 2.75) is 114 Å². The normalized spacial score (nSPS) is 13.0. The third-order valence-electron chi connectivity index (χ3n) is 7.57. The summed E-state index contributed by atoms with van der Waals surface area (Å²) in [6.07, 6.45) is 5.04. The van der Waals surface area contributed by atoms with Gasteiger partial charge in [0.1, 0.15) is 12.4 Å². The highest BCUT2D eigenvalue weighted by Gasteiger charge is 2.27. The van der Waals surface area contributed by atoms with E-state index in [1.807, 2.05) is 53.7 Å². The zero-order valence-corrected chi connectivity index (χ0v) is 32.2. The van der Waals surface area contributed by atoms with Crippen LogP contribution in [0.5, 0.6) is 0 Å². The average molecular weight is 679 g/mol. The van der Waals surface area contributed by atoms with E-state index in [9.17, 15) is 4.79 Å². The number of nitrogens with zero attached hydrogens (tertiary/aromatic N) is 1. The molecule has 1 unspecified atom stereocenters. The number of esters is 1. The summed E-state index contributed by atoms with van der Waals surface area (Å²) < 4.78 is 9.01. The van der Waals surface area contributed by atoms with Crippen molar-refractivity contribution in [2.75, 3.05) is 11.8 Å². The van der Waals surface area contributed by atoms with Gasteiger partial charge in [0, 0.05) is 33.8 Å². The Hall–Kier alpha value is -2.41. The Labute approximate surface area is 288 Å². The van der Waals surface area contributed by atoms with Crippen molar-refractivity contribution in [1.82, 2.24) is 0 Å². The third-order valence-corrected chi connectivity index (χ3v) is 9.21. The molecular formula is C37H57Cl2N3O2S. The maximum Gasteiger partial charge on any atom is 0.311 e. The Bertz CT molecular complexity index is 1330. The number of halogens is 2. The molecule has 0 aliphatic heterocycles. The second kappa shape index (κ2) is 21.4. The molecule has 2 aromatic carbocycles. The summed E-state index contributed by atoms with van der Waals surface area (Å²) in [5, 5.41) is 1.01. The first-order valence-electron chi connectivity index (χ1n) is 16.0. The fraction of sp³-hybridized carbons (Fsp3) is 0.514. The number of aliphatic imine (C=N–C) groups is 1. The number of carbonyl (C=O) groups excluding carboxylic acids is 1. The number of hydrogen-bond donors (Lipinski definition) is 2. The predicted octanol–water partition coefficient (Wildman–Crippen LogP) is 12.1. The van der Waals surface area contributed by atoms with E-state index in [1.165, 1.54) is 23.9 Å². The number of allylic oxidation sites excluding steroid dienone is 2. The van der Waals surface area contributed by atoms with E-state index in [2.05, 4.69) is 63.4 Å². The molecular weight excluding hydrogens is 621 g/mol. The van der Waals surface area contributed by atoms with Crippen LogP contribution in [-0.4, -0.2) is 18.9 Å². The highest BCUT2D eigenvalue weighted by atomic mass is 35.5. The van der Waals surface area contributed by atoms with Crippen molar-refractivity contribution in [1.29, 1.82) is 0 Å². The van der Waals surface area contributed by atoms with E-state index < -0.39 is 5.41 Å². The maximum atomic E-state index is 12.5. The van der Waals surface area contributed by atoms with Crippen LogP contribution in [-0.2, 0) is 16.1 Å². The standard InChI is InChI=1S/C32H43Cl2N3O2S.C3H8.C2H6/c1-10-19(4)20(5)28(30(35)36-9)24(11-2)25-14-13-15-26(21(25)6)37-40-27-17-23(33)16-22(29(27)34)18-39-31(38)32(7,8)12-3;1-3-2;1-2/h11,13-17,19,37H,10,12,18H2,1-9H3,(H2,35,36);3H2,1-2H3;1-2H3/b24-11-,28-20+;;.